The maximum Gasteiger partial charge on any atom is 0.254 e. The zero-order chi connectivity index (χ0) is 19.0. The monoisotopic (exact) mass is 401 g/mol. The smallest absolute Gasteiger partial charge is 0.254 e. The molecule has 2 aromatic heterocycles. The van der Waals surface area contributed by atoms with Gasteiger partial charge in [0, 0.05) is 36.3 Å². The summed E-state index contributed by atoms with van der Waals surface area (Å²) in [7, 11) is 0. The molecule has 27 heavy (non-hydrogen) atoms. The molecule has 0 atom stereocenters. The Kier molecular flexibility index (Phi) is 4.95. The van der Waals surface area contributed by atoms with Crippen molar-refractivity contribution in [3.8, 4) is 11.4 Å². The van der Waals surface area contributed by atoms with Gasteiger partial charge in [-0.1, -0.05) is 53.0 Å². The number of aromatic amines is 1. The standard InChI is InChI=1S/C19H17Cl2N5O/c1-11-2-4-12(5-3-11)18-24-15-9-26(7-6-13(15)19(27)25-18)8-14-16(20)22-10-23-17(14)21/h2-5,10H,6-9H2,1H3,(H,24,25,27). The third-order valence-corrected chi connectivity index (χ3v) is 5.35. The Bertz CT molecular complexity index is 1030. The molecule has 1 aliphatic rings. The maximum absolute atomic E-state index is 12.5. The van der Waals surface area contributed by atoms with Gasteiger partial charge in [0.05, 0.1) is 5.69 Å². The minimum absolute atomic E-state index is 0.0747. The van der Waals surface area contributed by atoms with E-state index < -0.39 is 0 Å². The van der Waals surface area contributed by atoms with Crippen molar-refractivity contribution in [2.45, 2.75) is 26.4 Å². The van der Waals surface area contributed by atoms with Crippen LogP contribution in [0.5, 0.6) is 0 Å². The van der Waals surface area contributed by atoms with E-state index in [4.69, 9.17) is 28.2 Å². The zero-order valence-electron chi connectivity index (χ0n) is 14.7. The van der Waals surface area contributed by atoms with Crippen LogP contribution >= 0.6 is 23.2 Å². The topological polar surface area (TPSA) is 74.8 Å². The number of H-pyrrole nitrogens is 1. The first-order chi connectivity index (χ1) is 13.0. The van der Waals surface area contributed by atoms with Gasteiger partial charge in [0.2, 0.25) is 0 Å². The number of halogens is 2. The normalized spacial score (nSPS) is 14.2. The third-order valence-electron chi connectivity index (χ3n) is 4.70. The predicted molar refractivity (Wildman–Crippen MR) is 105 cm³/mol. The van der Waals surface area contributed by atoms with Crippen molar-refractivity contribution < 1.29 is 0 Å². The second-order valence-corrected chi connectivity index (χ2v) is 7.32. The second-order valence-electron chi connectivity index (χ2n) is 6.60. The highest BCUT2D eigenvalue weighted by Gasteiger charge is 2.23. The van der Waals surface area contributed by atoms with Gasteiger partial charge in [-0.15, -0.1) is 0 Å². The molecular weight excluding hydrogens is 385 g/mol. The number of hydrogen-bond donors (Lipinski definition) is 1. The van der Waals surface area contributed by atoms with Gasteiger partial charge in [-0.3, -0.25) is 9.69 Å². The number of aryl methyl sites for hydroxylation is 1. The van der Waals surface area contributed by atoms with E-state index in [0.717, 1.165) is 22.4 Å². The Balaban J connectivity index is 1.63. The predicted octanol–water partition coefficient (Wildman–Crippen LogP) is 3.40. The number of aromatic nitrogens is 4. The molecule has 1 aliphatic heterocycles. The van der Waals surface area contributed by atoms with E-state index in [0.29, 0.717) is 47.7 Å². The average Bonchev–Trinajstić information content (AvgIpc) is 2.65. The van der Waals surface area contributed by atoms with E-state index in [2.05, 4.69) is 19.9 Å². The molecule has 1 N–H and O–H groups in total. The number of nitrogens with one attached hydrogen (secondary N) is 1. The van der Waals surface area contributed by atoms with Crippen LogP contribution in [0.3, 0.4) is 0 Å². The summed E-state index contributed by atoms with van der Waals surface area (Å²) in [5.41, 5.74) is 4.18. The molecule has 0 fully saturated rings. The Morgan fingerprint density at radius 1 is 1.15 bits per heavy atom. The average molecular weight is 402 g/mol. The van der Waals surface area contributed by atoms with Gasteiger partial charge >= 0.3 is 0 Å². The Hall–Kier alpha value is -2.28. The molecule has 6 nitrogen and oxygen atoms in total. The molecule has 0 saturated carbocycles. The van der Waals surface area contributed by atoms with Crippen molar-refractivity contribution in [2.75, 3.05) is 6.54 Å². The summed E-state index contributed by atoms with van der Waals surface area (Å²) in [6.45, 7) is 3.78. The lowest BCUT2D eigenvalue weighted by Crippen LogP contribution is -2.35. The summed E-state index contributed by atoms with van der Waals surface area (Å²) < 4.78 is 0. The van der Waals surface area contributed by atoms with Gasteiger partial charge in [0.25, 0.3) is 5.56 Å². The number of nitrogens with zero attached hydrogens (tertiary/aromatic N) is 4. The molecule has 0 amide bonds. The first-order valence-electron chi connectivity index (χ1n) is 8.57. The van der Waals surface area contributed by atoms with Gasteiger partial charge in [-0.05, 0) is 13.3 Å². The van der Waals surface area contributed by atoms with Crippen LogP contribution in [0.1, 0.15) is 22.4 Å². The van der Waals surface area contributed by atoms with Crippen LogP contribution in [0.2, 0.25) is 10.3 Å². The fraction of sp³-hybridized carbons (Fsp3) is 0.263. The van der Waals surface area contributed by atoms with Crippen molar-refractivity contribution >= 4 is 23.2 Å². The summed E-state index contributed by atoms with van der Waals surface area (Å²) in [5.74, 6) is 0.583. The van der Waals surface area contributed by atoms with E-state index >= 15 is 0 Å². The van der Waals surface area contributed by atoms with Crippen LogP contribution in [0.25, 0.3) is 11.4 Å². The van der Waals surface area contributed by atoms with E-state index in [1.807, 2.05) is 31.2 Å². The van der Waals surface area contributed by atoms with Crippen molar-refractivity contribution in [2.24, 2.45) is 0 Å². The lowest BCUT2D eigenvalue weighted by molar-refractivity contribution is 0.240. The SMILES string of the molecule is Cc1ccc(-c2nc3c(c(=O)[nH]2)CCN(Cc2c(Cl)ncnc2Cl)C3)cc1. The molecular formula is C19H17Cl2N5O. The van der Waals surface area contributed by atoms with Gasteiger partial charge in [0.15, 0.2) is 0 Å². The van der Waals surface area contributed by atoms with E-state index in [-0.39, 0.29) is 5.56 Å². The largest absolute Gasteiger partial charge is 0.306 e. The number of benzene rings is 1. The fourth-order valence-electron chi connectivity index (χ4n) is 3.20. The quantitative estimate of drug-likeness (QED) is 0.680. The fourth-order valence-corrected chi connectivity index (χ4v) is 3.64. The molecule has 3 aromatic rings. The molecule has 0 radical (unpaired) electrons. The van der Waals surface area contributed by atoms with Crippen LogP contribution in [0.15, 0.2) is 35.4 Å². The lowest BCUT2D eigenvalue weighted by atomic mass is 10.1. The molecule has 138 valence electrons. The molecule has 8 heteroatoms. The molecule has 0 saturated heterocycles. The molecule has 3 heterocycles. The summed E-state index contributed by atoms with van der Waals surface area (Å²) >= 11 is 12.3. The highest BCUT2D eigenvalue weighted by molar-refractivity contribution is 6.34. The van der Waals surface area contributed by atoms with Gasteiger partial charge in [-0.25, -0.2) is 15.0 Å². The van der Waals surface area contributed by atoms with E-state index in [1.54, 1.807) is 0 Å². The summed E-state index contributed by atoms with van der Waals surface area (Å²) in [5, 5.41) is 0.694. The maximum atomic E-state index is 12.5. The van der Waals surface area contributed by atoms with Crippen molar-refractivity contribution in [1.82, 2.24) is 24.8 Å². The summed E-state index contributed by atoms with van der Waals surface area (Å²) in [6, 6.07) is 7.92. The Morgan fingerprint density at radius 3 is 2.56 bits per heavy atom. The first-order valence-corrected chi connectivity index (χ1v) is 9.33. The van der Waals surface area contributed by atoms with Crippen molar-refractivity contribution in [1.29, 1.82) is 0 Å². The molecule has 0 spiro atoms. The Morgan fingerprint density at radius 2 is 1.85 bits per heavy atom. The molecule has 0 unspecified atom stereocenters. The number of rotatable bonds is 3. The van der Waals surface area contributed by atoms with Gasteiger partial charge < -0.3 is 4.98 Å². The summed E-state index contributed by atoms with van der Waals surface area (Å²) in [6.07, 6.45) is 1.96. The van der Waals surface area contributed by atoms with Gasteiger partial charge in [0.1, 0.15) is 22.5 Å². The second kappa shape index (κ2) is 7.38. The van der Waals surface area contributed by atoms with Crippen LogP contribution < -0.4 is 5.56 Å². The highest BCUT2D eigenvalue weighted by Crippen LogP contribution is 2.25. The molecule has 4 rings (SSSR count). The number of hydrogen-bond acceptors (Lipinski definition) is 5. The number of fused-ring (bicyclic) bond motifs is 1. The van der Waals surface area contributed by atoms with Crippen LogP contribution in [-0.4, -0.2) is 31.4 Å². The van der Waals surface area contributed by atoms with Crippen LogP contribution in [0, 0.1) is 6.92 Å². The first kappa shape index (κ1) is 18.1. The third kappa shape index (κ3) is 3.74. The molecule has 0 bridgehead atoms. The minimum Gasteiger partial charge on any atom is -0.306 e. The van der Waals surface area contributed by atoms with Crippen molar-refractivity contribution in [3.05, 3.63) is 73.6 Å². The van der Waals surface area contributed by atoms with Gasteiger partial charge in [-0.2, -0.15) is 0 Å². The zero-order valence-corrected chi connectivity index (χ0v) is 16.2. The Labute approximate surface area is 166 Å². The molecule has 0 aliphatic carbocycles. The van der Waals surface area contributed by atoms with Crippen LogP contribution in [0.4, 0.5) is 0 Å². The summed E-state index contributed by atoms with van der Waals surface area (Å²) in [4.78, 5) is 30.3. The highest BCUT2D eigenvalue weighted by atomic mass is 35.5. The van der Waals surface area contributed by atoms with E-state index in [1.165, 1.54) is 6.33 Å². The van der Waals surface area contributed by atoms with E-state index in [9.17, 15) is 4.79 Å². The minimum atomic E-state index is -0.0747. The van der Waals surface area contributed by atoms with Crippen LogP contribution in [-0.2, 0) is 19.5 Å². The molecule has 1 aromatic carbocycles. The van der Waals surface area contributed by atoms with Crippen molar-refractivity contribution in [3.63, 3.8) is 0 Å². The lowest BCUT2D eigenvalue weighted by Gasteiger charge is -2.28.